The maximum absolute atomic E-state index is 11.2. The molecule has 0 fully saturated rings. The molecule has 7 nitrogen and oxygen atoms in total. The molecule has 1 aromatic heterocycles. The standard InChI is InChI=1S/C10H18N4O3S/c1-8(2)17-10-6-9(13-7-14-10)12-4-5-18(15,16)11-3/h6-8,11H,4-5H2,1-3H3,(H,12,13,14). The summed E-state index contributed by atoms with van der Waals surface area (Å²) in [5.74, 6) is 0.972. The number of ether oxygens (including phenoxy) is 1. The number of nitrogens with one attached hydrogen (secondary N) is 2. The van der Waals surface area contributed by atoms with Crippen molar-refractivity contribution in [3.8, 4) is 5.88 Å². The molecule has 0 saturated heterocycles. The predicted octanol–water partition coefficient (Wildman–Crippen LogP) is 0.225. The Bertz CT molecular complexity index is 476. The molecule has 0 unspecified atom stereocenters. The van der Waals surface area contributed by atoms with E-state index in [9.17, 15) is 8.42 Å². The third-order valence-corrected chi connectivity index (χ3v) is 3.35. The second-order valence-corrected chi connectivity index (χ2v) is 5.90. The minimum atomic E-state index is -3.21. The van der Waals surface area contributed by atoms with Crippen molar-refractivity contribution in [1.82, 2.24) is 14.7 Å². The van der Waals surface area contributed by atoms with Gasteiger partial charge in [-0.15, -0.1) is 0 Å². The van der Waals surface area contributed by atoms with Crippen LogP contribution < -0.4 is 14.8 Å². The summed E-state index contributed by atoms with van der Waals surface area (Å²) in [5, 5.41) is 2.90. The van der Waals surface area contributed by atoms with Crippen LogP contribution >= 0.6 is 0 Å². The Balaban J connectivity index is 2.52. The molecule has 0 aliphatic carbocycles. The first-order valence-electron chi connectivity index (χ1n) is 5.57. The number of rotatable bonds is 7. The molecule has 0 aliphatic heterocycles. The highest BCUT2D eigenvalue weighted by molar-refractivity contribution is 7.89. The third kappa shape index (κ3) is 5.28. The topological polar surface area (TPSA) is 93.2 Å². The summed E-state index contributed by atoms with van der Waals surface area (Å²) in [4.78, 5) is 7.92. The molecule has 18 heavy (non-hydrogen) atoms. The van der Waals surface area contributed by atoms with E-state index >= 15 is 0 Å². The lowest BCUT2D eigenvalue weighted by molar-refractivity contribution is 0.232. The Labute approximate surface area is 107 Å². The van der Waals surface area contributed by atoms with E-state index in [2.05, 4.69) is 20.0 Å². The fourth-order valence-corrected chi connectivity index (χ4v) is 1.73. The summed E-state index contributed by atoms with van der Waals surface area (Å²) in [5.41, 5.74) is 0. The van der Waals surface area contributed by atoms with E-state index in [0.717, 1.165) is 0 Å². The van der Waals surface area contributed by atoms with E-state index < -0.39 is 10.0 Å². The molecule has 0 aromatic carbocycles. The number of aromatic nitrogens is 2. The molecule has 0 saturated carbocycles. The van der Waals surface area contributed by atoms with Gasteiger partial charge in [-0.05, 0) is 20.9 Å². The van der Waals surface area contributed by atoms with Gasteiger partial charge >= 0.3 is 0 Å². The molecular weight excluding hydrogens is 256 g/mol. The van der Waals surface area contributed by atoms with Gasteiger partial charge in [0.25, 0.3) is 0 Å². The van der Waals surface area contributed by atoms with E-state index in [0.29, 0.717) is 11.7 Å². The quantitative estimate of drug-likeness (QED) is 0.739. The largest absolute Gasteiger partial charge is 0.475 e. The minimum Gasteiger partial charge on any atom is -0.475 e. The lowest BCUT2D eigenvalue weighted by Gasteiger charge is -2.10. The molecule has 102 valence electrons. The van der Waals surface area contributed by atoms with E-state index in [1.54, 1.807) is 6.07 Å². The smallest absolute Gasteiger partial charge is 0.218 e. The highest BCUT2D eigenvalue weighted by Crippen LogP contribution is 2.12. The van der Waals surface area contributed by atoms with Gasteiger partial charge < -0.3 is 10.1 Å². The minimum absolute atomic E-state index is 0.0200. The van der Waals surface area contributed by atoms with E-state index in [4.69, 9.17) is 4.74 Å². The molecule has 1 aromatic rings. The van der Waals surface area contributed by atoms with Crippen molar-refractivity contribution in [2.45, 2.75) is 20.0 Å². The molecule has 0 amide bonds. The molecule has 1 heterocycles. The van der Waals surface area contributed by atoms with Gasteiger partial charge in [0.05, 0.1) is 11.9 Å². The van der Waals surface area contributed by atoms with Gasteiger partial charge in [-0.1, -0.05) is 0 Å². The van der Waals surface area contributed by atoms with Crippen molar-refractivity contribution in [1.29, 1.82) is 0 Å². The summed E-state index contributed by atoms with van der Waals surface area (Å²) in [6.07, 6.45) is 1.39. The summed E-state index contributed by atoms with van der Waals surface area (Å²) in [7, 11) is -1.82. The molecule has 1 rings (SSSR count). The van der Waals surface area contributed by atoms with Crippen LogP contribution in [0.5, 0.6) is 5.88 Å². The van der Waals surface area contributed by atoms with Crippen molar-refractivity contribution >= 4 is 15.8 Å². The zero-order valence-corrected chi connectivity index (χ0v) is 11.5. The fraction of sp³-hybridized carbons (Fsp3) is 0.600. The molecule has 2 N–H and O–H groups in total. The van der Waals surface area contributed by atoms with Gasteiger partial charge in [-0.25, -0.2) is 23.1 Å². The maximum atomic E-state index is 11.2. The highest BCUT2D eigenvalue weighted by atomic mass is 32.2. The number of hydrogen-bond acceptors (Lipinski definition) is 6. The first-order chi connectivity index (χ1) is 8.43. The summed E-state index contributed by atoms with van der Waals surface area (Å²) >= 11 is 0. The van der Waals surface area contributed by atoms with Crippen LogP contribution in [0.2, 0.25) is 0 Å². The molecule has 0 spiro atoms. The number of nitrogens with zero attached hydrogens (tertiary/aromatic N) is 2. The van der Waals surface area contributed by atoms with Crippen LogP contribution in [-0.2, 0) is 10.0 Å². The molecule has 0 bridgehead atoms. The van der Waals surface area contributed by atoms with E-state index in [1.165, 1.54) is 13.4 Å². The van der Waals surface area contributed by atoms with Crippen LogP contribution in [-0.4, -0.2) is 43.8 Å². The van der Waals surface area contributed by atoms with Crippen LogP contribution in [0, 0.1) is 0 Å². The average Bonchev–Trinajstić information content (AvgIpc) is 2.28. The van der Waals surface area contributed by atoms with Gasteiger partial charge in [0.1, 0.15) is 12.1 Å². The molecule has 0 radical (unpaired) electrons. The van der Waals surface area contributed by atoms with E-state index in [-0.39, 0.29) is 18.4 Å². The van der Waals surface area contributed by atoms with Gasteiger partial charge in [0.15, 0.2) is 0 Å². The number of hydrogen-bond donors (Lipinski definition) is 2. The van der Waals surface area contributed by atoms with Gasteiger partial charge in [0.2, 0.25) is 15.9 Å². The number of anilines is 1. The first kappa shape index (κ1) is 14.7. The third-order valence-electron chi connectivity index (χ3n) is 1.99. The second-order valence-electron chi connectivity index (χ2n) is 3.86. The normalized spacial score (nSPS) is 11.6. The maximum Gasteiger partial charge on any atom is 0.218 e. The van der Waals surface area contributed by atoms with E-state index in [1.807, 2.05) is 13.8 Å². The molecule has 0 atom stereocenters. The molecule has 0 aliphatic rings. The Morgan fingerprint density at radius 2 is 2.11 bits per heavy atom. The van der Waals surface area contributed by atoms with Crippen molar-refractivity contribution in [2.24, 2.45) is 0 Å². The lowest BCUT2D eigenvalue weighted by atomic mass is 10.5. The zero-order valence-electron chi connectivity index (χ0n) is 10.7. The summed E-state index contributed by atoms with van der Waals surface area (Å²) < 4.78 is 30.0. The summed E-state index contributed by atoms with van der Waals surface area (Å²) in [6, 6.07) is 1.63. The molecule has 8 heteroatoms. The van der Waals surface area contributed by atoms with Gasteiger partial charge in [-0.2, -0.15) is 0 Å². The van der Waals surface area contributed by atoms with Gasteiger partial charge in [0, 0.05) is 12.6 Å². The lowest BCUT2D eigenvalue weighted by Crippen LogP contribution is -2.26. The van der Waals surface area contributed by atoms with Crippen LogP contribution in [0.25, 0.3) is 0 Å². The Morgan fingerprint density at radius 3 is 2.72 bits per heavy atom. The van der Waals surface area contributed by atoms with Crippen LogP contribution in [0.3, 0.4) is 0 Å². The van der Waals surface area contributed by atoms with Crippen LogP contribution in [0.15, 0.2) is 12.4 Å². The fourth-order valence-electron chi connectivity index (χ4n) is 1.16. The summed E-state index contributed by atoms with van der Waals surface area (Å²) in [6.45, 7) is 4.06. The van der Waals surface area contributed by atoms with Gasteiger partial charge in [-0.3, -0.25) is 0 Å². The number of sulfonamides is 1. The average molecular weight is 274 g/mol. The van der Waals surface area contributed by atoms with Crippen molar-refractivity contribution in [2.75, 3.05) is 24.7 Å². The van der Waals surface area contributed by atoms with Crippen molar-refractivity contribution in [3.05, 3.63) is 12.4 Å². The zero-order chi connectivity index (χ0) is 13.6. The predicted molar refractivity (Wildman–Crippen MR) is 69.1 cm³/mol. The monoisotopic (exact) mass is 274 g/mol. The highest BCUT2D eigenvalue weighted by Gasteiger charge is 2.07. The van der Waals surface area contributed by atoms with Crippen molar-refractivity contribution < 1.29 is 13.2 Å². The molecular formula is C10H18N4O3S. The Morgan fingerprint density at radius 1 is 1.39 bits per heavy atom. The second kappa shape index (κ2) is 6.50. The Kier molecular flexibility index (Phi) is 5.29. The van der Waals surface area contributed by atoms with Crippen LogP contribution in [0.4, 0.5) is 5.82 Å². The Hall–Kier alpha value is -1.41. The SMILES string of the molecule is CNS(=O)(=O)CCNc1cc(OC(C)C)ncn1. The van der Waals surface area contributed by atoms with Crippen LogP contribution in [0.1, 0.15) is 13.8 Å². The first-order valence-corrected chi connectivity index (χ1v) is 7.22. The van der Waals surface area contributed by atoms with Crippen molar-refractivity contribution in [3.63, 3.8) is 0 Å².